The lowest BCUT2D eigenvalue weighted by Gasteiger charge is -2.06. The van der Waals surface area contributed by atoms with Crippen LogP contribution in [0.5, 0.6) is 0 Å². The SMILES string of the molecule is O=C(Cc1ccc(Cl)s1)CC1CCCO1. The van der Waals surface area contributed by atoms with Crippen LogP contribution in [0.15, 0.2) is 12.1 Å². The van der Waals surface area contributed by atoms with Gasteiger partial charge in [0.1, 0.15) is 5.78 Å². The third kappa shape index (κ3) is 3.30. The zero-order valence-electron chi connectivity index (χ0n) is 8.37. The van der Waals surface area contributed by atoms with Gasteiger partial charge in [-0.3, -0.25) is 4.79 Å². The summed E-state index contributed by atoms with van der Waals surface area (Å²) in [4.78, 5) is 12.7. The Morgan fingerprint density at radius 3 is 3.07 bits per heavy atom. The van der Waals surface area contributed by atoms with E-state index in [9.17, 15) is 4.79 Å². The highest BCUT2D eigenvalue weighted by molar-refractivity contribution is 7.16. The third-order valence-corrected chi connectivity index (χ3v) is 3.71. The Bertz CT molecular complexity index is 342. The Morgan fingerprint density at radius 1 is 1.60 bits per heavy atom. The maximum Gasteiger partial charge on any atom is 0.140 e. The monoisotopic (exact) mass is 244 g/mol. The molecule has 1 saturated heterocycles. The standard InChI is InChI=1S/C11H13ClO2S/c12-11-4-3-10(15-11)7-8(13)6-9-2-1-5-14-9/h3-4,9H,1-2,5-7H2. The normalized spacial score (nSPS) is 20.7. The van der Waals surface area contributed by atoms with Crippen LogP contribution in [0, 0.1) is 0 Å². The summed E-state index contributed by atoms with van der Waals surface area (Å²) in [6, 6.07) is 3.75. The summed E-state index contributed by atoms with van der Waals surface area (Å²) >= 11 is 7.27. The molecule has 0 bridgehead atoms. The number of ketones is 1. The second-order valence-corrected chi connectivity index (χ2v) is 5.56. The van der Waals surface area contributed by atoms with Crippen LogP contribution in [0.1, 0.15) is 24.1 Å². The van der Waals surface area contributed by atoms with E-state index in [-0.39, 0.29) is 11.9 Å². The van der Waals surface area contributed by atoms with Crippen molar-refractivity contribution in [2.24, 2.45) is 0 Å². The summed E-state index contributed by atoms with van der Waals surface area (Å²) in [5.41, 5.74) is 0. The number of thiophene rings is 1. The minimum absolute atomic E-state index is 0.160. The van der Waals surface area contributed by atoms with Crippen molar-refractivity contribution in [3.05, 3.63) is 21.3 Å². The molecule has 0 N–H and O–H groups in total. The minimum atomic E-state index is 0.160. The molecule has 0 aliphatic carbocycles. The molecule has 1 aliphatic heterocycles. The molecule has 82 valence electrons. The van der Waals surface area contributed by atoms with E-state index in [2.05, 4.69) is 0 Å². The first-order valence-corrected chi connectivity index (χ1v) is 6.31. The number of hydrogen-bond donors (Lipinski definition) is 0. The van der Waals surface area contributed by atoms with Crippen LogP contribution >= 0.6 is 22.9 Å². The first-order chi connectivity index (χ1) is 7.24. The van der Waals surface area contributed by atoms with Gasteiger partial charge in [-0.05, 0) is 25.0 Å². The number of ether oxygens (including phenoxy) is 1. The predicted molar refractivity (Wildman–Crippen MR) is 61.6 cm³/mol. The molecule has 1 unspecified atom stereocenters. The van der Waals surface area contributed by atoms with Gasteiger partial charge >= 0.3 is 0 Å². The average Bonchev–Trinajstić information content (AvgIpc) is 2.77. The third-order valence-electron chi connectivity index (χ3n) is 2.48. The number of halogens is 1. The Morgan fingerprint density at radius 2 is 2.47 bits per heavy atom. The molecule has 0 saturated carbocycles. The van der Waals surface area contributed by atoms with E-state index < -0.39 is 0 Å². The molecule has 0 spiro atoms. The first kappa shape index (κ1) is 11.1. The summed E-state index contributed by atoms with van der Waals surface area (Å²) in [6.07, 6.45) is 3.32. The fourth-order valence-corrected chi connectivity index (χ4v) is 2.89. The smallest absolute Gasteiger partial charge is 0.140 e. The van der Waals surface area contributed by atoms with Gasteiger partial charge in [0.15, 0.2) is 0 Å². The fraction of sp³-hybridized carbons (Fsp3) is 0.545. The maximum atomic E-state index is 11.7. The van der Waals surface area contributed by atoms with E-state index in [1.54, 1.807) is 0 Å². The quantitative estimate of drug-likeness (QED) is 0.814. The molecule has 0 amide bonds. The van der Waals surface area contributed by atoms with E-state index in [4.69, 9.17) is 16.3 Å². The topological polar surface area (TPSA) is 26.3 Å². The Labute approximate surface area is 98.2 Å². The van der Waals surface area contributed by atoms with E-state index in [1.165, 1.54) is 11.3 Å². The lowest BCUT2D eigenvalue weighted by atomic mass is 10.1. The Hall–Kier alpha value is -0.380. The van der Waals surface area contributed by atoms with E-state index >= 15 is 0 Å². The van der Waals surface area contributed by atoms with Crippen molar-refractivity contribution in [3.8, 4) is 0 Å². The highest BCUT2D eigenvalue weighted by Gasteiger charge is 2.19. The minimum Gasteiger partial charge on any atom is -0.378 e. The number of Topliss-reactive ketones (excluding diaryl/α,β-unsaturated/α-hetero) is 1. The van der Waals surface area contributed by atoms with Crippen LogP contribution in [0.25, 0.3) is 0 Å². The second kappa shape index (κ2) is 5.10. The molecule has 1 aromatic rings. The molecular weight excluding hydrogens is 232 g/mol. The molecular formula is C11H13ClO2S. The van der Waals surface area contributed by atoms with Gasteiger partial charge in [0.25, 0.3) is 0 Å². The van der Waals surface area contributed by atoms with Crippen LogP contribution in [0.3, 0.4) is 0 Å². The lowest BCUT2D eigenvalue weighted by molar-refractivity contribution is -0.120. The fourth-order valence-electron chi connectivity index (χ4n) is 1.77. The van der Waals surface area contributed by atoms with Crippen LogP contribution in [0.2, 0.25) is 4.34 Å². The van der Waals surface area contributed by atoms with E-state index in [0.29, 0.717) is 12.8 Å². The molecule has 1 atom stereocenters. The highest BCUT2D eigenvalue weighted by Crippen LogP contribution is 2.23. The summed E-state index contributed by atoms with van der Waals surface area (Å²) in [5, 5.41) is 0. The number of hydrogen-bond acceptors (Lipinski definition) is 3. The van der Waals surface area contributed by atoms with Gasteiger partial charge in [-0.15, -0.1) is 11.3 Å². The van der Waals surface area contributed by atoms with Crippen molar-refractivity contribution < 1.29 is 9.53 Å². The van der Waals surface area contributed by atoms with Crippen molar-refractivity contribution in [3.63, 3.8) is 0 Å². The first-order valence-electron chi connectivity index (χ1n) is 5.11. The zero-order chi connectivity index (χ0) is 10.7. The van der Waals surface area contributed by atoms with E-state index in [0.717, 1.165) is 28.7 Å². The summed E-state index contributed by atoms with van der Waals surface area (Å²) in [6.45, 7) is 0.808. The summed E-state index contributed by atoms with van der Waals surface area (Å²) in [7, 11) is 0. The van der Waals surface area contributed by atoms with Gasteiger partial charge in [0.05, 0.1) is 10.4 Å². The number of rotatable bonds is 4. The zero-order valence-corrected chi connectivity index (χ0v) is 9.94. The highest BCUT2D eigenvalue weighted by atomic mass is 35.5. The van der Waals surface area contributed by atoms with Gasteiger partial charge in [0, 0.05) is 24.3 Å². The van der Waals surface area contributed by atoms with Crippen LogP contribution < -0.4 is 0 Å². The molecule has 15 heavy (non-hydrogen) atoms. The van der Waals surface area contributed by atoms with Gasteiger partial charge in [-0.2, -0.15) is 0 Å². The van der Waals surface area contributed by atoms with Crippen molar-refractivity contribution in [2.75, 3.05) is 6.61 Å². The molecule has 4 heteroatoms. The molecule has 1 aromatic heterocycles. The molecule has 2 nitrogen and oxygen atoms in total. The van der Waals surface area contributed by atoms with Gasteiger partial charge in [-0.1, -0.05) is 11.6 Å². The summed E-state index contributed by atoms with van der Waals surface area (Å²) < 4.78 is 6.17. The molecule has 2 heterocycles. The van der Waals surface area contributed by atoms with E-state index in [1.807, 2.05) is 12.1 Å². The van der Waals surface area contributed by atoms with Crippen molar-refractivity contribution in [2.45, 2.75) is 31.8 Å². The van der Waals surface area contributed by atoms with Crippen molar-refractivity contribution in [1.29, 1.82) is 0 Å². The Balaban J connectivity index is 1.81. The molecule has 1 fully saturated rings. The largest absolute Gasteiger partial charge is 0.378 e. The van der Waals surface area contributed by atoms with Gasteiger partial charge in [0.2, 0.25) is 0 Å². The lowest BCUT2D eigenvalue weighted by Crippen LogP contribution is -2.13. The second-order valence-electron chi connectivity index (χ2n) is 3.76. The Kier molecular flexibility index (Phi) is 3.78. The predicted octanol–water partition coefficient (Wildman–Crippen LogP) is 3.08. The molecule has 2 rings (SSSR count). The van der Waals surface area contributed by atoms with Crippen molar-refractivity contribution >= 4 is 28.7 Å². The average molecular weight is 245 g/mol. The number of carbonyl (C=O) groups is 1. The van der Waals surface area contributed by atoms with Crippen LogP contribution in [0.4, 0.5) is 0 Å². The molecule has 0 radical (unpaired) electrons. The molecule has 0 aromatic carbocycles. The summed E-state index contributed by atoms with van der Waals surface area (Å²) in [5.74, 6) is 0.250. The van der Waals surface area contributed by atoms with Gasteiger partial charge in [-0.25, -0.2) is 0 Å². The van der Waals surface area contributed by atoms with Crippen LogP contribution in [-0.2, 0) is 16.0 Å². The maximum absolute atomic E-state index is 11.7. The van der Waals surface area contributed by atoms with Crippen LogP contribution in [-0.4, -0.2) is 18.5 Å². The van der Waals surface area contributed by atoms with Crippen molar-refractivity contribution in [1.82, 2.24) is 0 Å². The molecule has 1 aliphatic rings. The number of carbonyl (C=O) groups excluding carboxylic acids is 1. The van der Waals surface area contributed by atoms with Gasteiger partial charge < -0.3 is 4.74 Å².